The Hall–Kier alpha value is -3.51. The number of pyridine rings is 1. The minimum atomic E-state index is -0.202. The third-order valence-electron chi connectivity index (χ3n) is 5.19. The van der Waals surface area contributed by atoms with Crippen LogP contribution in [0.1, 0.15) is 11.1 Å². The molecule has 0 radical (unpaired) electrons. The lowest BCUT2D eigenvalue weighted by molar-refractivity contribution is -0.116. The maximum absolute atomic E-state index is 12.3. The largest absolute Gasteiger partial charge is 0.493 e. The number of nitrogens with zero attached hydrogens (tertiary/aromatic N) is 1. The second kappa shape index (κ2) is 9.75. The summed E-state index contributed by atoms with van der Waals surface area (Å²) >= 11 is 6.33. The first-order chi connectivity index (χ1) is 15.6. The van der Waals surface area contributed by atoms with E-state index in [0.29, 0.717) is 29.5 Å². The molecule has 0 fully saturated rings. The van der Waals surface area contributed by atoms with Crippen LogP contribution in [0.3, 0.4) is 0 Å². The number of halogens is 1. The molecule has 0 aliphatic carbocycles. The maximum atomic E-state index is 12.3. The number of carbonyl (C=O) groups excluding carboxylic acids is 1. The van der Waals surface area contributed by atoms with Gasteiger partial charge in [-0.1, -0.05) is 17.7 Å². The predicted molar refractivity (Wildman–Crippen MR) is 124 cm³/mol. The van der Waals surface area contributed by atoms with Crippen molar-refractivity contribution in [1.29, 1.82) is 0 Å². The highest BCUT2D eigenvalue weighted by atomic mass is 35.5. The summed E-state index contributed by atoms with van der Waals surface area (Å²) < 4.78 is 16.7. The van der Waals surface area contributed by atoms with Gasteiger partial charge in [-0.2, -0.15) is 0 Å². The second-order valence-corrected chi connectivity index (χ2v) is 7.75. The first kappa shape index (κ1) is 21.7. The normalized spacial score (nSPS) is 14.7. The highest BCUT2D eigenvalue weighted by molar-refractivity contribution is 6.31. The molecule has 1 unspecified atom stereocenters. The highest BCUT2D eigenvalue weighted by Gasteiger charge is 2.26. The van der Waals surface area contributed by atoms with E-state index in [0.717, 1.165) is 28.0 Å². The molecule has 6 nitrogen and oxygen atoms in total. The average Bonchev–Trinajstić information content (AvgIpc) is 3.23. The molecule has 1 atom stereocenters. The fourth-order valence-corrected chi connectivity index (χ4v) is 3.90. The highest BCUT2D eigenvalue weighted by Crippen LogP contribution is 2.40. The summed E-state index contributed by atoms with van der Waals surface area (Å²) in [6.07, 6.45) is 7.20. The summed E-state index contributed by atoms with van der Waals surface area (Å²) in [5.41, 5.74) is 3.78. The van der Waals surface area contributed by atoms with E-state index in [-0.39, 0.29) is 12.0 Å². The Kier molecular flexibility index (Phi) is 6.61. The van der Waals surface area contributed by atoms with Crippen LogP contribution in [0.4, 0.5) is 0 Å². The summed E-state index contributed by atoms with van der Waals surface area (Å²) in [6, 6.07) is 13.1. The van der Waals surface area contributed by atoms with Crippen molar-refractivity contribution < 1.29 is 19.0 Å². The van der Waals surface area contributed by atoms with Gasteiger partial charge in [0, 0.05) is 41.0 Å². The van der Waals surface area contributed by atoms with Crippen molar-refractivity contribution in [3.05, 3.63) is 77.1 Å². The van der Waals surface area contributed by atoms with Crippen LogP contribution >= 0.6 is 11.6 Å². The van der Waals surface area contributed by atoms with Crippen LogP contribution in [0.25, 0.3) is 17.2 Å². The number of amides is 1. The van der Waals surface area contributed by atoms with Gasteiger partial charge in [-0.05, 0) is 53.6 Å². The molecule has 1 aliphatic heterocycles. The number of aromatic nitrogens is 1. The molecule has 1 N–H and O–H groups in total. The maximum Gasteiger partial charge on any atom is 0.244 e. The topological polar surface area (TPSA) is 69.7 Å². The van der Waals surface area contributed by atoms with E-state index in [9.17, 15) is 4.79 Å². The first-order valence-electron chi connectivity index (χ1n) is 10.1. The van der Waals surface area contributed by atoms with Crippen LogP contribution in [0.15, 0.2) is 60.9 Å². The van der Waals surface area contributed by atoms with Gasteiger partial charge in [-0.25, -0.2) is 0 Å². The van der Waals surface area contributed by atoms with Gasteiger partial charge in [0.15, 0.2) is 11.5 Å². The molecule has 0 bridgehead atoms. The van der Waals surface area contributed by atoms with E-state index < -0.39 is 0 Å². The lowest BCUT2D eigenvalue weighted by Gasteiger charge is -2.13. The zero-order valence-corrected chi connectivity index (χ0v) is 18.6. The molecule has 1 amide bonds. The number of carbonyl (C=O) groups is 1. The Bertz CT molecular complexity index is 1150. The summed E-state index contributed by atoms with van der Waals surface area (Å²) in [7, 11) is 3.16. The first-order valence-corrected chi connectivity index (χ1v) is 10.5. The molecule has 3 aromatic rings. The van der Waals surface area contributed by atoms with E-state index in [1.807, 2.05) is 36.4 Å². The molecule has 164 valence electrons. The van der Waals surface area contributed by atoms with Crippen molar-refractivity contribution in [3.8, 4) is 28.4 Å². The average molecular weight is 451 g/mol. The smallest absolute Gasteiger partial charge is 0.244 e. The number of rotatable bonds is 7. The van der Waals surface area contributed by atoms with Crippen molar-refractivity contribution in [2.24, 2.45) is 0 Å². The van der Waals surface area contributed by atoms with Crippen LogP contribution in [0, 0.1) is 0 Å². The van der Waals surface area contributed by atoms with E-state index in [2.05, 4.69) is 10.3 Å². The quantitative estimate of drug-likeness (QED) is 0.535. The minimum Gasteiger partial charge on any atom is -0.493 e. The Labute approximate surface area is 191 Å². The third kappa shape index (κ3) is 4.86. The van der Waals surface area contributed by atoms with Crippen molar-refractivity contribution >= 4 is 23.6 Å². The molecule has 2 heterocycles. The summed E-state index contributed by atoms with van der Waals surface area (Å²) in [6.45, 7) is 0.386. The predicted octanol–water partition coefficient (Wildman–Crippen LogP) is 4.55. The standard InChI is InChI=1S/C25H23ClN2O4/c1-30-22-5-3-16(11-23(22)31-2)4-6-24(29)28-15-20-13-18-12-19(26)14-21(25(18)32-20)17-7-9-27-10-8-17/h3-12,14,20H,13,15H2,1-2H3,(H,28,29)/b6-4+. The zero-order chi connectivity index (χ0) is 22.5. The Morgan fingerprint density at radius 3 is 2.69 bits per heavy atom. The summed E-state index contributed by atoms with van der Waals surface area (Å²) in [4.78, 5) is 16.4. The molecular weight excluding hydrogens is 428 g/mol. The van der Waals surface area contributed by atoms with Gasteiger partial charge in [-0.15, -0.1) is 0 Å². The fraction of sp³-hybridized carbons (Fsp3) is 0.200. The monoisotopic (exact) mass is 450 g/mol. The third-order valence-corrected chi connectivity index (χ3v) is 5.41. The van der Waals surface area contributed by atoms with Gasteiger partial charge in [0.25, 0.3) is 0 Å². The van der Waals surface area contributed by atoms with Gasteiger partial charge < -0.3 is 19.5 Å². The SMILES string of the molecule is COc1ccc(/C=C/C(=O)NCC2Cc3cc(Cl)cc(-c4ccncc4)c3O2)cc1OC. The molecule has 32 heavy (non-hydrogen) atoms. The summed E-state index contributed by atoms with van der Waals surface area (Å²) in [5, 5.41) is 3.56. The van der Waals surface area contributed by atoms with E-state index in [4.69, 9.17) is 25.8 Å². The van der Waals surface area contributed by atoms with Crippen molar-refractivity contribution in [1.82, 2.24) is 10.3 Å². The lowest BCUT2D eigenvalue weighted by atomic mass is 10.0. The van der Waals surface area contributed by atoms with Crippen LogP contribution < -0.4 is 19.5 Å². The van der Waals surface area contributed by atoms with Crippen molar-refractivity contribution in [2.75, 3.05) is 20.8 Å². The minimum absolute atomic E-state index is 0.164. The number of ether oxygens (including phenoxy) is 3. The van der Waals surface area contributed by atoms with Crippen LogP contribution in [0.5, 0.6) is 17.2 Å². The molecule has 2 aromatic carbocycles. The van der Waals surface area contributed by atoms with E-state index >= 15 is 0 Å². The number of methoxy groups -OCH3 is 2. The van der Waals surface area contributed by atoms with E-state index in [1.165, 1.54) is 6.08 Å². The molecule has 4 rings (SSSR count). The second-order valence-electron chi connectivity index (χ2n) is 7.31. The number of hydrogen-bond donors (Lipinski definition) is 1. The summed E-state index contributed by atoms with van der Waals surface area (Å²) in [5.74, 6) is 1.85. The molecule has 7 heteroatoms. The van der Waals surface area contributed by atoms with Crippen molar-refractivity contribution in [3.63, 3.8) is 0 Å². The molecule has 1 aliphatic rings. The van der Waals surface area contributed by atoms with Gasteiger partial charge in [0.1, 0.15) is 11.9 Å². The van der Waals surface area contributed by atoms with Gasteiger partial charge in [0.05, 0.1) is 20.8 Å². The van der Waals surface area contributed by atoms with Gasteiger partial charge in [-0.3, -0.25) is 9.78 Å². The Balaban J connectivity index is 1.38. The molecule has 0 saturated carbocycles. The number of nitrogens with one attached hydrogen (secondary N) is 1. The Morgan fingerprint density at radius 1 is 1.16 bits per heavy atom. The molecule has 1 aromatic heterocycles. The van der Waals surface area contributed by atoms with Crippen LogP contribution in [-0.4, -0.2) is 37.8 Å². The van der Waals surface area contributed by atoms with E-state index in [1.54, 1.807) is 38.8 Å². The van der Waals surface area contributed by atoms with Crippen molar-refractivity contribution in [2.45, 2.75) is 12.5 Å². The number of hydrogen-bond acceptors (Lipinski definition) is 5. The lowest BCUT2D eigenvalue weighted by Crippen LogP contribution is -2.33. The van der Waals surface area contributed by atoms with Crippen LogP contribution in [0.2, 0.25) is 5.02 Å². The zero-order valence-electron chi connectivity index (χ0n) is 17.8. The molecule has 0 saturated heterocycles. The Morgan fingerprint density at radius 2 is 1.94 bits per heavy atom. The van der Waals surface area contributed by atoms with Gasteiger partial charge in [0.2, 0.25) is 5.91 Å². The number of fused-ring (bicyclic) bond motifs is 1. The fourth-order valence-electron chi connectivity index (χ4n) is 3.66. The number of benzene rings is 2. The van der Waals surface area contributed by atoms with Gasteiger partial charge >= 0.3 is 0 Å². The van der Waals surface area contributed by atoms with Crippen LogP contribution in [-0.2, 0) is 11.2 Å². The molecule has 0 spiro atoms. The molecular formula is C25H23ClN2O4.